The summed E-state index contributed by atoms with van der Waals surface area (Å²) >= 11 is 0. The topological polar surface area (TPSA) is 115 Å². The SMILES string of the molecule is CC(C)(C)CC(N=C(NC(=O)O)c1ccccc1)C(=O)NC1(C#N)CCCC1. The molecule has 0 aromatic heterocycles. The molecule has 1 aromatic carbocycles. The van der Waals surface area contributed by atoms with E-state index in [2.05, 4.69) is 21.7 Å². The minimum Gasteiger partial charge on any atom is -0.465 e. The van der Waals surface area contributed by atoms with Crippen LogP contribution in [0.25, 0.3) is 0 Å². The Morgan fingerprint density at radius 1 is 1.25 bits per heavy atom. The Morgan fingerprint density at radius 2 is 1.86 bits per heavy atom. The fraction of sp³-hybridized carbons (Fsp3) is 0.524. The maximum Gasteiger partial charge on any atom is 0.410 e. The first kappa shape index (κ1) is 21.4. The smallest absolute Gasteiger partial charge is 0.410 e. The van der Waals surface area contributed by atoms with Gasteiger partial charge in [0.25, 0.3) is 0 Å². The lowest BCUT2D eigenvalue weighted by molar-refractivity contribution is -0.124. The van der Waals surface area contributed by atoms with Crippen LogP contribution < -0.4 is 10.6 Å². The molecule has 1 aliphatic carbocycles. The highest BCUT2D eigenvalue weighted by atomic mass is 16.4. The van der Waals surface area contributed by atoms with Gasteiger partial charge >= 0.3 is 6.09 Å². The van der Waals surface area contributed by atoms with E-state index in [1.165, 1.54) is 0 Å². The maximum atomic E-state index is 13.0. The zero-order valence-electron chi connectivity index (χ0n) is 16.7. The number of rotatable bonds is 5. The van der Waals surface area contributed by atoms with Crippen LogP contribution in [0, 0.1) is 16.7 Å². The molecular formula is C21H28N4O3. The van der Waals surface area contributed by atoms with Crippen LogP contribution in [0.5, 0.6) is 0 Å². The molecule has 7 nitrogen and oxygen atoms in total. The Bertz CT molecular complexity index is 769. The highest BCUT2D eigenvalue weighted by Crippen LogP contribution is 2.30. The van der Waals surface area contributed by atoms with Crippen LogP contribution in [0.2, 0.25) is 0 Å². The molecule has 0 radical (unpaired) electrons. The van der Waals surface area contributed by atoms with Gasteiger partial charge in [-0.1, -0.05) is 51.1 Å². The summed E-state index contributed by atoms with van der Waals surface area (Å²) in [4.78, 5) is 28.8. The molecule has 7 heteroatoms. The molecule has 0 heterocycles. The third kappa shape index (κ3) is 6.08. The zero-order chi connectivity index (χ0) is 20.8. The normalized spacial score (nSPS) is 17.4. The molecule has 1 aliphatic rings. The summed E-state index contributed by atoms with van der Waals surface area (Å²) in [5.41, 5.74) is -0.491. The zero-order valence-corrected chi connectivity index (χ0v) is 16.7. The van der Waals surface area contributed by atoms with Crippen LogP contribution >= 0.6 is 0 Å². The molecular weight excluding hydrogens is 356 g/mol. The van der Waals surface area contributed by atoms with Gasteiger partial charge in [-0.25, -0.2) is 4.79 Å². The minimum absolute atomic E-state index is 0.120. The Kier molecular flexibility index (Phi) is 6.79. The minimum atomic E-state index is -1.25. The summed E-state index contributed by atoms with van der Waals surface area (Å²) in [5.74, 6) is -0.228. The number of nitrogens with zero attached hydrogens (tertiary/aromatic N) is 2. The fourth-order valence-corrected chi connectivity index (χ4v) is 3.37. The van der Waals surface area contributed by atoms with Crippen LogP contribution in [0.15, 0.2) is 35.3 Å². The molecule has 1 fully saturated rings. The first-order valence-corrected chi connectivity index (χ1v) is 9.51. The van der Waals surface area contributed by atoms with Gasteiger partial charge < -0.3 is 10.4 Å². The Hall–Kier alpha value is -2.88. The third-order valence-electron chi connectivity index (χ3n) is 4.70. The van der Waals surface area contributed by atoms with E-state index in [0.29, 0.717) is 24.8 Å². The quantitative estimate of drug-likeness (QED) is 0.533. The third-order valence-corrected chi connectivity index (χ3v) is 4.70. The number of aliphatic imine (C=N–C) groups is 1. The number of nitrogens with one attached hydrogen (secondary N) is 2. The summed E-state index contributed by atoms with van der Waals surface area (Å²) in [6.07, 6.45) is 2.22. The van der Waals surface area contributed by atoms with E-state index in [0.717, 1.165) is 12.8 Å². The molecule has 28 heavy (non-hydrogen) atoms. The molecule has 0 spiro atoms. The van der Waals surface area contributed by atoms with Gasteiger partial charge in [0.2, 0.25) is 5.91 Å². The van der Waals surface area contributed by atoms with Crippen molar-refractivity contribution < 1.29 is 14.7 Å². The van der Waals surface area contributed by atoms with Gasteiger partial charge in [0.15, 0.2) is 0 Å². The van der Waals surface area contributed by atoms with E-state index in [1.807, 2.05) is 26.8 Å². The van der Waals surface area contributed by atoms with Crippen molar-refractivity contribution in [1.82, 2.24) is 10.6 Å². The molecule has 1 atom stereocenters. The van der Waals surface area contributed by atoms with Crippen molar-refractivity contribution in [2.24, 2.45) is 10.4 Å². The van der Waals surface area contributed by atoms with E-state index >= 15 is 0 Å². The second kappa shape index (κ2) is 8.87. The average Bonchev–Trinajstić information content (AvgIpc) is 3.08. The second-order valence-corrected chi connectivity index (χ2v) is 8.44. The van der Waals surface area contributed by atoms with Crippen molar-refractivity contribution >= 4 is 17.8 Å². The van der Waals surface area contributed by atoms with E-state index in [-0.39, 0.29) is 17.2 Å². The lowest BCUT2D eigenvalue weighted by Crippen LogP contribution is -2.50. The van der Waals surface area contributed by atoms with Gasteiger partial charge in [-0.2, -0.15) is 5.26 Å². The Morgan fingerprint density at radius 3 is 2.36 bits per heavy atom. The van der Waals surface area contributed by atoms with Gasteiger partial charge in [-0.3, -0.25) is 15.1 Å². The molecule has 0 saturated heterocycles. The van der Waals surface area contributed by atoms with Crippen molar-refractivity contribution in [3.05, 3.63) is 35.9 Å². The Balaban J connectivity index is 2.37. The summed E-state index contributed by atoms with van der Waals surface area (Å²) in [6, 6.07) is 10.3. The van der Waals surface area contributed by atoms with Crippen LogP contribution in [-0.2, 0) is 4.79 Å². The summed E-state index contributed by atoms with van der Waals surface area (Å²) in [6.45, 7) is 5.97. The van der Waals surface area contributed by atoms with Gasteiger partial charge in [0, 0.05) is 5.56 Å². The number of hydrogen-bond acceptors (Lipinski definition) is 4. The number of hydrogen-bond donors (Lipinski definition) is 3. The second-order valence-electron chi connectivity index (χ2n) is 8.44. The standard InChI is InChI=1S/C21H28N4O3/c1-20(2,3)13-16(18(26)25-21(14-22)11-7-8-12-21)23-17(24-19(27)28)15-9-5-4-6-10-15/h4-6,9-10,16H,7-8,11-13H2,1-3H3,(H,23,24)(H,25,26)(H,27,28). The van der Waals surface area contributed by atoms with Crippen molar-refractivity contribution in [2.75, 3.05) is 0 Å². The van der Waals surface area contributed by atoms with Crippen LogP contribution in [0.3, 0.4) is 0 Å². The molecule has 2 rings (SSSR count). The number of amides is 2. The van der Waals surface area contributed by atoms with Crippen molar-refractivity contribution in [3.63, 3.8) is 0 Å². The number of carboxylic acid groups (broad SMARTS) is 1. The van der Waals surface area contributed by atoms with Crippen LogP contribution in [-0.4, -0.2) is 34.5 Å². The number of nitriles is 1. The van der Waals surface area contributed by atoms with Gasteiger partial charge in [-0.15, -0.1) is 0 Å². The Labute approximate surface area is 165 Å². The van der Waals surface area contributed by atoms with Gasteiger partial charge in [0.1, 0.15) is 17.4 Å². The summed E-state index contributed by atoms with van der Waals surface area (Å²) < 4.78 is 0. The van der Waals surface area contributed by atoms with Crippen LogP contribution in [0.1, 0.15) is 58.4 Å². The van der Waals surface area contributed by atoms with Gasteiger partial charge in [0.05, 0.1) is 6.07 Å². The largest absolute Gasteiger partial charge is 0.465 e. The van der Waals surface area contributed by atoms with Crippen molar-refractivity contribution in [2.45, 2.75) is 64.5 Å². The van der Waals surface area contributed by atoms with E-state index in [9.17, 15) is 20.0 Å². The first-order chi connectivity index (χ1) is 13.1. The number of carbonyl (C=O) groups is 2. The lowest BCUT2D eigenvalue weighted by Gasteiger charge is -2.28. The maximum absolute atomic E-state index is 13.0. The summed E-state index contributed by atoms with van der Waals surface area (Å²) in [5, 5.41) is 24.0. The summed E-state index contributed by atoms with van der Waals surface area (Å²) in [7, 11) is 0. The lowest BCUT2D eigenvalue weighted by atomic mass is 9.87. The fourth-order valence-electron chi connectivity index (χ4n) is 3.37. The highest BCUT2D eigenvalue weighted by Gasteiger charge is 2.38. The van der Waals surface area contributed by atoms with E-state index in [4.69, 9.17) is 0 Å². The molecule has 0 aliphatic heterocycles. The van der Waals surface area contributed by atoms with E-state index in [1.54, 1.807) is 24.3 Å². The molecule has 150 valence electrons. The number of benzene rings is 1. The predicted octanol–water partition coefficient (Wildman–Crippen LogP) is 3.46. The highest BCUT2D eigenvalue weighted by molar-refractivity contribution is 6.07. The average molecular weight is 384 g/mol. The molecule has 1 unspecified atom stereocenters. The molecule has 0 bridgehead atoms. The number of carbonyl (C=O) groups excluding carboxylic acids is 1. The first-order valence-electron chi connectivity index (χ1n) is 9.51. The van der Waals surface area contributed by atoms with Gasteiger partial charge in [-0.05, 0) is 37.5 Å². The molecule has 1 aromatic rings. The van der Waals surface area contributed by atoms with Crippen LogP contribution in [0.4, 0.5) is 4.79 Å². The number of amidine groups is 1. The monoisotopic (exact) mass is 384 g/mol. The van der Waals surface area contributed by atoms with Crippen molar-refractivity contribution in [3.8, 4) is 6.07 Å². The molecule has 3 N–H and O–H groups in total. The van der Waals surface area contributed by atoms with Crippen molar-refractivity contribution in [1.29, 1.82) is 5.26 Å². The van der Waals surface area contributed by atoms with E-state index < -0.39 is 17.7 Å². The predicted molar refractivity (Wildman–Crippen MR) is 107 cm³/mol. The molecule has 2 amide bonds. The molecule has 1 saturated carbocycles.